The summed E-state index contributed by atoms with van der Waals surface area (Å²) in [5.41, 5.74) is 0. The van der Waals surface area contributed by atoms with E-state index in [4.69, 9.17) is 0 Å². The SMILES string of the molecule is O=C(NC1CC1)[C@@H]1CCCN(C(=O)C2CC2)C1. The van der Waals surface area contributed by atoms with Gasteiger partial charge in [-0.05, 0) is 38.5 Å². The smallest absolute Gasteiger partial charge is 0.225 e. The van der Waals surface area contributed by atoms with E-state index in [1.165, 1.54) is 0 Å². The molecular weight excluding hydrogens is 216 g/mol. The Labute approximate surface area is 102 Å². The predicted molar refractivity (Wildman–Crippen MR) is 63.2 cm³/mol. The van der Waals surface area contributed by atoms with Crippen LogP contribution in [0.2, 0.25) is 0 Å². The number of rotatable bonds is 3. The zero-order valence-electron chi connectivity index (χ0n) is 10.2. The van der Waals surface area contributed by atoms with Crippen molar-refractivity contribution < 1.29 is 9.59 Å². The summed E-state index contributed by atoms with van der Waals surface area (Å²) < 4.78 is 0. The van der Waals surface area contributed by atoms with Crippen molar-refractivity contribution in [1.82, 2.24) is 10.2 Å². The molecule has 0 unspecified atom stereocenters. The van der Waals surface area contributed by atoms with E-state index in [1.54, 1.807) is 0 Å². The number of piperidine rings is 1. The van der Waals surface area contributed by atoms with Gasteiger partial charge in [0.15, 0.2) is 0 Å². The Morgan fingerprint density at radius 2 is 1.76 bits per heavy atom. The van der Waals surface area contributed by atoms with Gasteiger partial charge in [-0.15, -0.1) is 0 Å². The molecule has 0 bridgehead atoms. The Hall–Kier alpha value is -1.06. The minimum absolute atomic E-state index is 0.0343. The van der Waals surface area contributed by atoms with Gasteiger partial charge in [0.25, 0.3) is 0 Å². The highest BCUT2D eigenvalue weighted by Gasteiger charge is 2.37. The number of amides is 2. The fourth-order valence-electron chi connectivity index (χ4n) is 2.53. The Kier molecular flexibility index (Phi) is 2.81. The van der Waals surface area contributed by atoms with Gasteiger partial charge in [-0.25, -0.2) is 0 Å². The highest BCUT2D eigenvalue weighted by atomic mass is 16.2. The van der Waals surface area contributed by atoms with Crippen molar-refractivity contribution in [2.75, 3.05) is 13.1 Å². The van der Waals surface area contributed by atoms with Crippen LogP contribution < -0.4 is 5.32 Å². The molecule has 3 aliphatic rings. The van der Waals surface area contributed by atoms with Crippen molar-refractivity contribution in [3.63, 3.8) is 0 Å². The number of likely N-dealkylation sites (tertiary alicyclic amines) is 1. The lowest BCUT2D eigenvalue weighted by atomic mass is 9.96. The van der Waals surface area contributed by atoms with E-state index in [1.807, 2.05) is 4.90 Å². The lowest BCUT2D eigenvalue weighted by Crippen LogP contribution is -2.46. The molecule has 0 aromatic heterocycles. The van der Waals surface area contributed by atoms with Gasteiger partial charge >= 0.3 is 0 Å². The highest BCUT2D eigenvalue weighted by Crippen LogP contribution is 2.32. The molecule has 1 atom stereocenters. The molecule has 0 aromatic carbocycles. The summed E-state index contributed by atoms with van der Waals surface area (Å²) in [6.45, 7) is 1.50. The summed E-state index contributed by atoms with van der Waals surface area (Å²) in [5.74, 6) is 0.766. The largest absolute Gasteiger partial charge is 0.353 e. The molecule has 1 heterocycles. The molecule has 1 aliphatic heterocycles. The van der Waals surface area contributed by atoms with Gasteiger partial charge in [0.05, 0.1) is 5.92 Å². The lowest BCUT2D eigenvalue weighted by molar-refractivity contribution is -0.136. The first-order chi connectivity index (χ1) is 8.24. The standard InChI is InChI=1S/C13H20N2O2/c16-12(14-11-5-6-11)10-2-1-7-15(8-10)13(17)9-3-4-9/h9-11H,1-8H2,(H,14,16)/t10-/m1/s1. The van der Waals surface area contributed by atoms with Crippen molar-refractivity contribution in [3.8, 4) is 0 Å². The maximum atomic E-state index is 12.0. The van der Waals surface area contributed by atoms with E-state index in [0.717, 1.165) is 45.1 Å². The molecule has 2 aliphatic carbocycles. The van der Waals surface area contributed by atoms with Crippen molar-refractivity contribution >= 4 is 11.8 Å². The van der Waals surface area contributed by atoms with E-state index in [-0.39, 0.29) is 23.7 Å². The third kappa shape index (κ3) is 2.61. The van der Waals surface area contributed by atoms with Crippen molar-refractivity contribution in [2.45, 2.75) is 44.6 Å². The molecule has 0 spiro atoms. The second-order valence-corrected chi connectivity index (χ2v) is 5.68. The lowest BCUT2D eigenvalue weighted by Gasteiger charge is -2.32. The minimum Gasteiger partial charge on any atom is -0.353 e. The summed E-state index contributed by atoms with van der Waals surface area (Å²) >= 11 is 0. The third-order valence-corrected chi connectivity index (χ3v) is 3.95. The average molecular weight is 236 g/mol. The van der Waals surface area contributed by atoms with Crippen LogP contribution in [0.25, 0.3) is 0 Å². The highest BCUT2D eigenvalue weighted by molar-refractivity contribution is 5.83. The van der Waals surface area contributed by atoms with Crippen molar-refractivity contribution in [1.29, 1.82) is 0 Å². The summed E-state index contributed by atoms with van der Waals surface area (Å²) in [6, 6.07) is 0.428. The fraction of sp³-hybridized carbons (Fsp3) is 0.846. The van der Waals surface area contributed by atoms with Crippen LogP contribution >= 0.6 is 0 Å². The Morgan fingerprint density at radius 3 is 2.41 bits per heavy atom. The number of nitrogens with one attached hydrogen (secondary N) is 1. The van der Waals surface area contributed by atoms with Crippen LogP contribution in [0.1, 0.15) is 38.5 Å². The second-order valence-electron chi connectivity index (χ2n) is 5.68. The van der Waals surface area contributed by atoms with Crippen LogP contribution in [0, 0.1) is 11.8 Å². The summed E-state index contributed by atoms with van der Waals surface area (Å²) in [5, 5.41) is 3.05. The average Bonchev–Trinajstić information content (AvgIpc) is 3.21. The van der Waals surface area contributed by atoms with Crippen LogP contribution in [-0.4, -0.2) is 35.8 Å². The van der Waals surface area contributed by atoms with Gasteiger partial charge in [-0.3, -0.25) is 9.59 Å². The Morgan fingerprint density at radius 1 is 1.00 bits per heavy atom. The summed E-state index contributed by atoms with van der Waals surface area (Å²) in [4.78, 5) is 25.8. The van der Waals surface area contributed by atoms with Gasteiger partial charge < -0.3 is 10.2 Å². The molecule has 3 fully saturated rings. The van der Waals surface area contributed by atoms with E-state index >= 15 is 0 Å². The molecule has 1 N–H and O–H groups in total. The number of hydrogen-bond acceptors (Lipinski definition) is 2. The monoisotopic (exact) mass is 236 g/mol. The van der Waals surface area contributed by atoms with Crippen LogP contribution in [0.4, 0.5) is 0 Å². The summed E-state index contributed by atoms with van der Waals surface area (Å²) in [6.07, 6.45) is 6.27. The molecule has 4 heteroatoms. The fourth-order valence-corrected chi connectivity index (χ4v) is 2.53. The van der Waals surface area contributed by atoms with Gasteiger partial charge in [-0.2, -0.15) is 0 Å². The molecule has 2 saturated carbocycles. The van der Waals surface area contributed by atoms with Crippen molar-refractivity contribution in [2.24, 2.45) is 11.8 Å². The van der Waals surface area contributed by atoms with Crippen LogP contribution in [0.5, 0.6) is 0 Å². The predicted octanol–water partition coefficient (Wildman–Crippen LogP) is 0.914. The van der Waals surface area contributed by atoms with Gasteiger partial charge in [0.2, 0.25) is 11.8 Å². The second kappa shape index (κ2) is 4.31. The first-order valence-electron chi connectivity index (χ1n) is 6.83. The van der Waals surface area contributed by atoms with Crippen LogP contribution in [0.3, 0.4) is 0 Å². The third-order valence-electron chi connectivity index (χ3n) is 3.95. The zero-order chi connectivity index (χ0) is 11.8. The molecule has 0 aromatic rings. The van der Waals surface area contributed by atoms with E-state index < -0.39 is 0 Å². The summed E-state index contributed by atoms with van der Waals surface area (Å²) in [7, 11) is 0. The van der Waals surface area contributed by atoms with Gasteiger partial charge in [0.1, 0.15) is 0 Å². The molecular formula is C13H20N2O2. The molecule has 17 heavy (non-hydrogen) atoms. The Bertz CT molecular complexity index is 334. The maximum absolute atomic E-state index is 12.0. The van der Waals surface area contributed by atoms with Crippen molar-refractivity contribution in [3.05, 3.63) is 0 Å². The number of carbonyl (C=O) groups is 2. The minimum atomic E-state index is 0.0343. The zero-order valence-corrected chi connectivity index (χ0v) is 10.2. The molecule has 0 radical (unpaired) electrons. The first kappa shape index (κ1) is 11.1. The van der Waals surface area contributed by atoms with Gasteiger partial charge in [-0.1, -0.05) is 0 Å². The molecule has 4 nitrogen and oxygen atoms in total. The molecule has 2 amide bonds. The normalized spacial score (nSPS) is 28.9. The quantitative estimate of drug-likeness (QED) is 0.792. The topological polar surface area (TPSA) is 49.4 Å². The van der Waals surface area contributed by atoms with Crippen LogP contribution in [0.15, 0.2) is 0 Å². The first-order valence-corrected chi connectivity index (χ1v) is 6.83. The van der Waals surface area contributed by atoms with E-state index in [2.05, 4.69) is 5.32 Å². The maximum Gasteiger partial charge on any atom is 0.225 e. The number of carbonyl (C=O) groups excluding carboxylic acids is 2. The molecule has 1 saturated heterocycles. The van der Waals surface area contributed by atoms with Crippen LogP contribution in [-0.2, 0) is 9.59 Å². The van der Waals surface area contributed by atoms with E-state index in [9.17, 15) is 9.59 Å². The number of hydrogen-bond donors (Lipinski definition) is 1. The van der Waals surface area contributed by atoms with Gasteiger partial charge in [0, 0.05) is 25.0 Å². The number of nitrogens with zero attached hydrogens (tertiary/aromatic N) is 1. The molecule has 3 rings (SSSR count). The van der Waals surface area contributed by atoms with E-state index in [0.29, 0.717) is 12.6 Å². The Balaban J connectivity index is 1.54. The molecule has 94 valence electrons.